The van der Waals surface area contributed by atoms with E-state index in [-0.39, 0.29) is 11.8 Å². The lowest BCUT2D eigenvalue weighted by Gasteiger charge is -2.39. The van der Waals surface area contributed by atoms with Crippen LogP contribution in [0.5, 0.6) is 5.75 Å². The number of rotatable bonds is 9. The number of hydrogen-bond acceptors (Lipinski definition) is 5. The summed E-state index contributed by atoms with van der Waals surface area (Å²) < 4.78 is 10.8. The second-order valence-corrected chi connectivity index (χ2v) is 9.42. The minimum absolute atomic E-state index is 0.124. The summed E-state index contributed by atoms with van der Waals surface area (Å²) in [6.45, 7) is 4.82. The first-order valence-electron chi connectivity index (χ1n) is 12.0. The summed E-state index contributed by atoms with van der Waals surface area (Å²) in [7, 11) is 3.54. The summed E-state index contributed by atoms with van der Waals surface area (Å²) in [6.07, 6.45) is 5.59. The molecule has 1 aliphatic carbocycles. The predicted octanol–water partition coefficient (Wildman–Crippen LogP) is 2.19. The van der Waals surface area contributed by atoms with Gasteiger partial charge in [-0.15, -0.1) is 0 Å². The van der Waals surface area contributed by atoms with Gasteiger partial charge in [-0.1, -0.05) is 12.1 Å². The molecule has 2 amide bonds. The van der Waals surface area contributed by atoms with Crippen LogP contribution in [0.15, 0.2) is 24.3 Å². The Morgan fingerprint density at radius 3 is 2.41 bits per heavy atom. The Labute approximate surface area is 191 Å². The normalized spacial score (nSPS) is 21.7. The number of hydrogen-bond donors (Lipinski definition) is 0. The van der Waals surface area contributed by atoms with Crippen LogP contribution in [0.2, 0.25) is 0 Å². The first kappa shape index (κ1) is 23.1. The third-order valence-electron chi connectivity index (χ3n) is 7.16. The Hall–Kier alpha value is -2.12. The summed E-state index contributed by atoms with van der Waals surface area (Å²) in [4.78, 5) is 31.8. The highest BCUT2D eigenvalue weighted by Gasteiger charge is 2.39. The molecule has 1 atom stereocenters. The smallest absolute Gasteiger partial charge is 0.226 e. The molecule has 3 aliphatic rings. The summed E-state index contributed by atoms with van der Waals surface area (Å²) in [5.74, 6) is 1.56. The summed E-state index contributed by atoms with van der Waals surface area (Å²) in [5.41, 5.74) is 0.994. The molecular formula is C25H37N3O4. The van der Waals surface area contributed by atoms with Gasteiger partial charge < -0.3 is 19.3 Å². The Kier molecular flexibility index (Phi) is 7.68. The molecule has 32 heavy (non-hydrogen) atoms. The number of nitrogens with zero attached hydrogens (tertiary/aromatic N) is 3. The molecule has 3 fully saturated rings. The van der Waals surface area contributed by atoms with Gasteiger partial charge in [0.15, 0.2) is 0 Å². The SMILES string of the molecule is COc1ccc(CC(=O)N(C)CCN(C2CCOCC2)C2CCN(C(=O)C3CC3)C2)cc1. The van der Waals surface area contributed by atoms with Gasteiger partial charge in [0.05, 0.1) is 13.5 Å². The van der Waals surface area contributed by atoms with E-state index in [1.54, 1.807) is 7.11 Å². The first-order valence-corrected chi connectivity index (χ1v) is 12.0. The van der Waals surface area contributed by atoms with Crippen molar-refractivity contribution in [1.29, 1.82) is 0 Å². The maximum atomic E-state index is 12.8. The van der Waals surface area contributed by atoms with Crippen molar-refractivity contribution in [3.63, 3.8) is 0 Å². The molecule has 176 valence electrons. The summed E-state index contributed by atoms with van der Waals surface area (Å²) in [6, 6.07) is 8.53. The molecule has 0 aromatic heterocycles. The Balaban J connectivity index is 1.33. The largest absolute Gasteiger partial charge is 0.497 e. The molecule has 1 aromatic carbocycles. The lowest BCUT2D eigenvalue weighted by atomic mass is 10.0. The van der Waals surface area contributed by atoms with Crippen LogP contribution < -0.4 is 4.74 Å². The van der Waals surface area contributed by atoms with Crippen LogP contribution in [-0.4, -0.2) is 92.1 Å². The molecule has 0 radical (unpaired) electrons. The Morgan fingerprint density at radius 1 is 1.03 bits per heavy atom. The van der Waals surface area contributed by atoms with E-state index in [0.717, 1.165) is 76.3 Å². The minimum atomic E-state index is 0.124. The van der Waals surface area contributed by atoms with E-state index in [0.29, 0.717) is 31.0 Å². The molecule has 7 nitrogen and oxygen atoms in total. The molecule has 2 saturated heterocycles. The number of amides is 2. The fourth-order valence-electron chi connectivity index (χ4n) is 4.92. The van der Waals surface area contributed by atoms with Crippen molar-refractivity contribution in [1.82, 2.24) is 14.7 Å². The molecule has 7 heteroatoms. The lowest BCUT2D eigenvalue weighted by Crippen LogP contribution is -2.50. The lowest BCUT2D eigenvalue weighted by molar-refractivity contribution is -0.131. The highest BCUT2D eigenvalue weighted by atomic mass is 16.5. The third-order valence-corrected chi connectivity index (χ3v) is 7.16. The highest BCUT2D eigenvalue weighted by molar-refractivity contribution is 5.81. The number of carbonyl (C=O) groups is 2. The zero-order valence-corrected chi connectivity index (χ0v) is 19.5. The van der Waals surface area contributed by atoms with Gasteiger partial charge in [0.2, 0.25) is 11.8 Å². The zero-order valence-electron chi connectivity index (χ0n) is 19.5. The molecule has 1 aromatic rings. The molecule has 0 spiro atoms. The van der Waals surface area contributed by atoms with Crippen LogP contribution in [0.25, 0.3) is 0 Å². The quantitative estimate of drug-likeness (QED) is 0.586. The van der Waals surface area contributed by atoms with Gasteiger partial charge in [-0.2, -0.15) is 0 Å². The maximum absolute atomic E-state index is 12.8. The predicted molar refractivity (Wildman–Crippen MR) is 123 cm³/mol. The third kappa shape index (κ3) is 5.81. The van der Waals surface area contributed by atoms with E-state index in [2.05, 4.69) is 9.80 Å². The van der Waals surface area contributed by atoms with Crippen LogP contribution >= 0.6 is 0 Å². The van der Waals surface area contributed by atoms with E-state index in [1.807, 2.05) is 36.2 Å². The molecule has 1 saturated carbocycles. The standard InChI is InChI=1S/C25H37N3O4/c1-26(24(29)17-19-3-7-23(31-2)8-4-19)13-14-28(21-10-15-32-16-11-21)22-9-12-27(18-22)25(30)20-5-6-20/h3-4,7-8,20-22H,5-6,9-18H2,1-2H3. The molecule has 1 unspecified atom stereocenters. The van der Waals surface area contributed by atoms with Gasteiger partial charge in [-0.05, 0) is 49.8 Å². The van der Waals surface area contributed by atoms with E-state index in [1.165, 1.54) is 0 Å². The number of likely N-dealkylation sites (tertiary alicyclic amines) is 1. The van der Waals surface area contributed by atoms with Crippen LogP contribution in [0.1, 0.15) is 37.7 Å². The van der Waals surface area contributed by atoms with E-state index >= 15 is 0 Å². The molecule has 0 bridgehead atoms. The molecule has 0 N–H and O–H groups in total. The van der Waals surface area contributed by atoms with Crippen molar-refractivity contribution in [2.24, 2.45) is 5.92 Å². The van der Waals surface area contributed by atoms with Gasteiger partial charge >= 0.3 is 0 Å². The minimum Gasteiger partial charge on any atom is -0.497 e. The molecule has 2 heterocycles. The van der Waals surface area contributed by atoms with Crippen molar-refractivity contribution < 1.29 is 19.1 Å². The van der Waals surface area contributed by atoms with Crippen LogP contribution in [-0.2, 0) is 20.7 Å². The number of ether oxygens (including phenoxy) is 2. The fraction of sp³-hybridized carbons (Fsp3) is 0.680. The molecule has 2 aliphatic heterocycles. The second-order valence-electron chi connectivity index (χ2n) is 9.42. The topological polar surface area (TPSA) is 62.3 Å². The number of likely N-dealkylation sites (N-methyl/N-ethyl adjacent to an activating group) is 1. The Bertz CT molecular complexity index is 774. The first-order chi connectivity index (χ1) is 15.5. The van der Waals surface area contributed by atoms with E-state index in [4.69, 9.17) is 9.47 Å². The molecule has 4 rings (SSSR count). The summed E-state index contributed by atoms with van der Waals surface area (Å²) >= 11 is 0. The number of carbonyl (C=O) groups excluding carboxylic acids is 2. The summed E-state index contributed by atoms with van der Waals surface area (Å²) in [5, 5.41) is 0. The van der Waals surface area contributed by atoms with Gasteiger partial charge in [0.25, 0.3) is 0 Å². The Morgan fingerprint density at radius 2 is 1.75 bits per heavy atom. The van der Waals surface area contributed by atoms with Crippen molar-refractivity contribution in [2.75, 3.05) is 53.6 Å². The molecular weight excluding hydrogens is 406 g/mol. The van der Waals surface area contributed by atoms with E-state index < -0.39 is 0 Å². The fourth-order valence-corrected chi connectivity index (χ4v) is 4.92. The zero-order chi connectivity index (χ0) is 22.5. The van der Waals surface area contributed by atoms with Crippen molar-refractivity contribution in [2.45, 2.75) is 50.6 Å². The average molecular weight is 444 g/mol. The maximum Gasteiger partial charge on any atom is 0.226 e. The van der Waals surface area contributed by atoms with Gasteiger partial charge in [-0.25, -0.2) is 0 Å². The van der Waals surface area contributed by atoms with Gasteiger partial charge in [-0.3, -0.25) is 14.5 Å². The van der Waals surface area contributed by atoms with Crippen molar-refractivity contribution in [3.05, 3.63) is 29.8 Å². The average Bonchev–Trinajstić information content (AvgIpc) is 3.57. The van der Waals surface area contributed by atoms with Gasteiger partial charge in [0.1, 0.15) is 5.75 Å². The highest BCUT2D eigenvalue weighted by Crippen LogP contribution is 2.33. The second kappa shape index (κ2) is 10.7. The van der Waals surface area contributed by atoms with Crippen LogP contribution in [0, 0.1) is 5.92 Å². The number of methoxy groups -OCH3 is 1. The van der Waals surface area contributed by atoms with Crippen molar-refractivity contribution >= 4 is 11.8 Å². The van der Waals surface area contributed by atoms with Crippen LogP contribution in [0.4, 0.5) is 0 Å². The van der Waals surface area contributed by atoms with E-state index in [9.17, 15) is 9.59 Å². The van der Waals surface area contributed by atoms with Crippen LogP contribution in [0.3, 0.4) is 0 Å². The monoisotopic (exact) mass is 443 g/mol. The van der Waals surface area contributed by atoms with Gasteiger partial charge in [0, 0.05) is 64.4 Å². The number of benzene rings is 1. The van der Waals surface area contributed by atoms with Crippen molar-refractivity contribution in [3.8, 4) is 5.75 Å².